The molecule has 0 atom stereocenters. The van der Waals surface area contributed by atoms with E-state index in [9.17, 15) is 9.59 Å². The summed E-state index contributed by atoms with van der Waals surface area (Å²) in [4.78, 5) is 27.1. The van der Waals surface area contributed by atoms with Crippen molar-refractivity contribution >= 4 is 17.5 Å². The van der Waals surface area contributed by atoms with E-state index < -0.39 is 0 Å². The molecule has 0 saturated carbocycles. The van der Waals surface area contributed by atoms with Gasteiger partial charge in [-0.1, -0.05) is 17.7 Å². The maximum absolute atomic E-state index is 12.9. The van der Waals surface area contributed by atoms with Gasteiger partial charge in [-0.25, -0.2) is 0 Å². The number of nitrogens with one attached hydrogen (secondary N) is 1. The largest absolute Gasteiger partial charge is 0.490 e. The minimum Gasteiger partial charge on any atom is -0.490 e. The number of hydrogen-bond acceptors (Lipinski definition) is 4. The molecule has 6 nitrogen and oxygen atoms in total. The average molecular weight is 425 g/mol. The van der Waals surface area contributed by atoms with E-state index in [1.807, 2.05) is 44.7 Å². The molecule has 0 bridgehead atoms. The standard InChI is InChI=1S/C25H32N2O4/c1-5-30-22-15-20(25(29)26-24-18(3)13-17(2)14-19(24)4)9-10-21(22)31-16-23(28)27-11-7-6-8-12-27/h9-10,13-15H,5-8,11-12,16H2,1-4H3,(H,26,29). The molecule has 1 fully saturated rings. The topological polar surface area (TPSA) is 67.9 Å². The quantitative estimate of drug-likeness (QED) is 0.702. The first-order valence-corrected chi connectivity index (χ1v) is 11.0. The summed E-state index contributed by atoms with van der Waals surface area (Å²) in [7, 11) is 0. The van der Waals surface area contributed by atoms with Crippen LogP contribution >= 0.6 is 0 Å². The molecule has 0 radical (unpaired) electrons. The zero-order valence-electron chi connectivity index (χ0n) is 18.9. The Hall–Kier alpha value is -3.02. The van der Waals surface area contributed by atoms with Crippen LogP contribution in [-0.4, -0.2) is 43.0 Å². The van der Waals surface area contributed by atoms with Gasteiger partial charge in [0.05, 0.1) is 6.61 Å². The van der Waals surface area contributed by atoms with Crippen molar-refractivity contribution in [3.05, 3.63) is 52.6 Å². The van der Waals surface area contributed by atoms with E-state index in [0.29, 0.717) is 23.7 Å². The van der Waals surface area contributed by atoms with Crippen LogP contribution in [0.5, 0.6) is 11.5 Å². The Kier molecular flexibility index (Phi) is 7.55. The first kappa shape index (κ1) is 22.7. The lowest BCUT2D eigenvalue weighted by Gasteiger charge is -2.26. The Morgan fingerprint density at radius 1 is 0.935 bits per heavy atom. The lowest BCUT2D eigenvalue weighted by atomic mass is 10.0. The second kappa shape index (κ2) is 10.3. The predicted molar refractivity (Wildman–Crippen MR) is 122 cm³/mol. The molecule has 0 unspecified atom stereocenters. The van der Waals surface area contributed by atoms with Crippen LogP contribution in [-0.2, 0) is 4.79 Å². The van der Waals surface area contributed by atoms with Gasteiger partial charge in [0.2, 0.25) is 0 Å². The molecule has 0 aliphatic carbocycles. The van der Waals surface area contributed by atoms with Crippen molar-refractivity contribution in [1.29, 1.82) is 0 Å². The number of aryl methyl sites for hydroxylation is 3. The predicted octanol–water partition coefficient (Wildman–Crippen LogP) is 4.65. The van der Waals surface area contributed by atoms with Crippen LogP contribution in [0.15, 0.2) is 30.3 Å². The fraction of sp³-hybridized carbons (Fsp3) is 0.440. The third-order valence-electron chi connectivity index (χ3n) is 5.48. The highest BCUT2D eigenvalue weighted by Gasteiger charge is 2.19. The van der Waals surface area contributed by atoms with E-state index in [4.69, 9.17) is 9.47 Å². The lowest BCUT2D eigenvalue weighted by molar-refractivity contribution is -0.134. The number of hydrogen-bond donors (Lipinski definition) is 1. The average Bonchev–Trinajstić information content (AvgIpc) is 2.75. The van der Waals surface area contributed by atoms with Gasteiger partial charge >= 0.3 is 0 Å². The summed E-state index contributed by atoms with van der Waals surface area (Å²) in [6.07, 6.45) is 3.25. The van der Waals surface area contributed by atoms with Crippen LogP contribution in [0.2, 0.25) is 0 Å². The van der Waals surface area contributed by atoms with Crippen molar-refractivity contribution in [3.8, 4) is 11.5 Å². The molecule has 1 heterocycles. The molecule has 2 amide bonds. The van der Waals surface area contributed by atoms with Gasteiger partial charge in [-0.2, -0.15) is 0 Å². The van der Waals surface area contributed by atoms with Crippen molar-refractivity contribution in [1.82, 2.24) is 4.90 Å². The monoisotopic (exact) mass is 424 g/mol. The molecule has 2 aromatic carbocycles. The maximum atomic E-state index is 12.9. The Morgan fingerprint density at radius 3 is 2.26 bits per heavy atom. The summed E-state index contributed by atoms with van der Waals surface area (Å²) in [5.41, 5.74) is 4.49. The molecule has 31 heavy (non-hydrogen) atoms. The summed E-state index contributed by atoms with van der Waals surface area (Å²) >= 11 is 0. The summed E-state index contributed by atoms with van der Waals surface area (Å²) < 4.78 is 11.5. The van der Waals surface area contributed by atoms with Crippen LogP contribution in [0.25, 0.3) is 0 Å². The van der Waals surface area contributed by atoms with Gasteiger partial charge in [-0.05, 0) is 76.3 Å². The SMILES string of the molecule is CCOc1cc(C(=O)Nc2c(C)cc(C)cc2C)ccc1OCC(=O)N1CCCCC1. The minimum absolute atomic E-state index is 0.0192. The third kappa shape index (κ3) is 5.78. The van der Waals surface area contributed by atoms with Crippen molar-refractivity contribution in [2.45, 2.75) is 47.0 Å². The summed E-state index contributed by atoms with van der Waals surface area (Å²) in [5, 5.41) is 3.01. The van der Waals surface area contributed by atoms with Gasteiger partial charge in [0.1, 0.15) is 0 Å². The van der Waals surface area contributed by atoms with Gasteiger partial charge in [-0.15, -0.1) is 0 Å². The van der Waals surface area contributed by atoms with Crippen LogP contribution in [0.1, 0.15) is 53.2 Å². The zero-order valence-corrected chi connectivity index (χ0v) is 18.9. The van der Waals surface area contributed by atoms with Crippen LogP contribution in [0.3, 0.4) is 0 Å². The summed E-state index contributed by atoms with van der Waals surface area (Å²) in [6, 6.07) is 9.14. The highest BCUT2D eigenvalue weighted by Crippen LogP contribution is 2.30. The van der Waals surface area contributed by atoms with Crippen molar-refractivity contribution in [2.75, 3.05) is 31.6 Å². The highest BCUT2D eigenvalue weighted by molar-refractivity contribution is 6.05. The van der Waals surface area contributed by atoms with Crippen LogP contribution in [0.4, 0.5) is 5.69 Å². The number of benzene rings is 2. The maximum Gasteiger partial charge on any atom is 0.260 e. The Morgan fingerprint density at radius 2 is 1.61 bits per heavy atom. The molecule has 1 saturated heterocycles. The molecule has 166 valence electrons. The number of nitrogens with zero attached hydrogens (tertiary/aromatic N) is 1. The van der Waals surface area contributed by atoms with E-state index in [0.717, 1.165) is 48.3 Å². The molecule has 3 rings (SSSR count). The molecular formula is C25H32N2O4. The first-order valence-electron chi connectivity index (χ1n) is 11.0. The van der Waals surface area contributed by atoms with E-state index in [1.54, 1.807) is 18.2 Å². The molecule has 0 spiro atoms. The number of amides is 2. The minimum atomic E-state index is -0.216. The van der Waals surface area contributed by atoms with Gasteiger partial charge in [0.15, 0.2) is 18.1 Å². The third-order valence-corrected chi connectivity index (χ3v) is 5.48. The van der Waals surface area contributed by atoms with E-state index in [1.165, 1.54) is 6.42 Å². The molecule has 0 aromatic heterocycles. The number of rotatable bonds is 7. The van der Waals surface area contributed by atoms with Gasteiger partial charge < -0.3 is 19.7 Å². The van der Waals surface area contributed by atoms with Crippen molar-refractivity contribution < 1.29 is 19.1 Å². The fourth-order valence-electron chi connectivity index (χ4n) is 3.97. The Bertz CT molecular complexity index is 926. The number of ether oxygens (including phenoxy) is 2. The van der Waals surface area contributed by atoms with E-state index in [-0.39, 0.29) is 18.4 Å². The molecule has 2 aromatic rings. The second-order valence-corrected chi connectivity index (χ2v) is 8.05. The number of likely N-dealkylation sites (tertiary alicyclic amines) is 1. The highest BCUT2D eigenvalue weighted by atomic mass is 16.5. The van der Waals surface area contributed by atoms with Crippen LogP contribution in [0, 0.1) is 20.8 Å². The second-order valence-electron chi connectivity index (χ2n) is 8.05. The number of carbonyl (C=O) groups is 2. The number of piperidine rings is 1. The van der Waals surface area contributed by atoms with E-state index >= 15 is 0 Å². The zero-order chi connectivity index (χ0) is 22.4. The Balaban J connectivity index is 1.72. The first-order chi connectivity index (χ1) is 14.9. The van der Waals surface area contributed by atoms with E-state index in [2.05, 4.69) is 5.32 Å². The number of carbonyl (C=O) groups excluding carboxylic acids is 2. The van der Waals surface area contributed by atoms with Crippen molar-refractivity contribution in [2.24, 2.45) is 0 Å². The summed E-state index contributed by atoms with van der Waals surface area (Å²) in [5.74, 6) is 0.687. The molecule has 1 N–H and O–H groups in total. The number of anilines is 1. The van der Waals surface area contributed by atoms with Gasteiger partial charge in [0.25, 0.3) is 11.8 Å². The van der Waals surface area contributed by atoms with Crippen molar-refractivity contribution in [3.63, 3.8) is 0 Å². The Labute approximate surface area is 184 Å². The smallest absolute Gasteiger partial charge is 0.260 e. The molecular weight excluding hydrogens is 392 g/mol. The van der Waals surface area contributed by atoms with Crippen LogP contribution < -0.4 is 14.8 Å². The fourth-order valence-corrected chi connectivity index (χ4v) is 3.97. The molecule has 1 aliphatic rings. The molecule has 1 aliphatic heterocycles. The van der Waals surface area contributed by atoms with Gasteiger partial charge in [0, 0.05) is 24.3 Å². The lowest BCUT2D eigenvalue weighted by Crippen LogP contribution is -2.38. The molecule has 6 heteroatoms. The summed E-state index contributed by atoms with van der Waals surface area (Å²) in [6.45, 7) is 9.85. The van der Waals surface area contributed by atoms with Gasteiger partial charge in [-0.3, -0.25) is 9.59 Å². The normalized spacial score (nSPS) is 13.6.